The molecule has 2 saturated carbocycles. The van der Waals surface area contributed by atoms with Crippen LogP contribution in [0.1, 0.15) is 39.0 Å². The second-order valence-corrected chi connectivity index (χ2v) is 7.45. The Bertz CT molecular complexity index is 490. The lowest BCUT2D eigenvalue weighted by Crippen LogP contribution is -2.65. The molecule has 1 spiro atoms. The standard InChI is InChI=1S/C16H23NO3/c1-10-5-11-6-14(19)13-7-12(18)9-17-4-2-3-15(11,13)16(17,20)8-10/h2,4,10-13,18,20H,3,5-9H2,1H3/t10-,11+,12+,13-,15+,16+/m1/s1. The fourth-order valence-corrected chi connectivity index (χ4v) is 5.77. The van der Waals surface area contributed by atoms with Gasteiger partial charge in [-0.3, -0.25) is 4.79 Å². The minimum absolute atomic E-state index is 0.171. The Morgan fingerprint density at radius 3 is 3.00 bits per heavy atom. The number of aliphatic hydroxyl groups excluding tert-OH is 1. The van der Waals surface area contributed by atoms with Crippen molar-refractivity contribution in [2.24, 2.45) is 23.2 Å². The van der Waals surface area contributed by atoms with E-state index in [-0.39, 0.29) is 23.0 Å². The number of rotatable bonds is 0. The highest BCUT2D eigenvalue weighted by atomic mass is 16.3. The predicted octanol–water partition coefficient (Wildman–Crippen LogP) is 1.28. The number of carbonyl (C=O) groups excluding carboxylic acids is 1. The molecule has 110 valence electrons. The summed E-state index contributed by atoms with van der Waals surface area (Å²) in [4.78, 5) is 14.5. The molecule has 4 aliphatic rings. The summed E-state index contributed by atoms with van der Waals surface area (Å²) in [6, 6.07) is 0. The van der Waals surface area contributed by atoms with Crippen molar-refractivity contribution in [2.75, 3.05) is 6.54 Å². The van der Waals surface area contributed by atoms with Gasteiger partial charge in [-0.2, -0.15) is 0 Å². The molecule has 4 rings (SSSR count). The van der Waals surface area contributed by atoms with E-state index in [2.05, 4.69) is 13.0 Å². The summed E-state index contributed by atoms with van der Waals surface area (Å²) >= 11 is 0. The van der Waals surface area contributed by atoms with Crippen LogP contribution in [0.15, 0.2) is 12.3 Å². The first-order valence-electron chi connectivity index (χ1n) is 7.84. The number of hydrogen-bond acceptors (Lipinski definition) is 4. The molecule has 0 unspecified atom stereocenters. The third-order valence-electron chi connectivity index (χ3n) is 6.38. The number of ketones is 1. The third kappa shape index (κ3) is 1.32. The van der Waals surface area contributed by atoms with Crippen LogP contribution in [0.25, 0.3) is 0 Å². The van der Waals surface area contributed by atoms with Gasteiger partial charge in [-0.25, -0.2) is 0 Å². The molecule has 6 atom stereocenters. The molecule has 4 nitrogen and oxygen atoms in total. The molecule has 2 aliphatic heterocycles. The zero-order chi connectivity index (χ0) is 14.1. The molecule has 2 heterocycles. The second kappa shape index (κ2) is 3.86. The Morgan fingerprint density at radius 2 is 2.20 bits per heavy atom. The zero-order valence-electron chi connectivity index (χ0n) is 12.0. The largest absolute Gasteiger partial charge is 0.391 e. The van der Waals surface area contributed by atoms with Crippen molar-refractivity contribution >= 4 is 5.78 Å². The van der Waals surface area contributed by atoms with Crippen LogP contribution in [0, 0.1) is 23.2 Å². The summed E-state index contributed by atoms with van der Waals surface area (Å²) in [5, 5.41) is 21.8. The van der Waals surface area contributed by atoms with E-state index < -0.39 is 11.8 Å². The van der Waals surface area contributed by atoms with Crippen molar-refractivity contribution in [3.8, 4) is 0 Å². The Labute approximate surface area is 119 Å². The van der Waals surface area contributed by atoms with Gasteiger partial charge in [-0.1, -0.05) is 13.0 Å². The van der Waals surface area contributed by atoms with E-state index in [1.165, 1.54) is 0 Å². The topological polar surface area (TPSA) is 60.8 Å². The molecule has 1 saturated heterocycles. The molecule has 2 bridgehead atoms. The highest BCUT2D eigenvalue weighted by Crippen LogP contribution is 2.66. The van der Waals surface area contributed by atoms with Crippen molar-refractivity contribution in [1.82, 2.24) is 4.90 Å². The van der Waals surface area contributed by atoms with E-state index in [0.29, 0.717) is 31.7 Å². The molecule has 2 N–H and O–H groups in total. The summed E-state index contributed by atoms with van der Waals surface area (Å²) in [7, 11) is 0. The van der Waals surface area contributed by atoms with Crippen molar-refractivity contribution in [2.45, 2.75) is 50.9 Å². The maximum absolute atomic E-state index is 12.5. The molecule has 0 radical (unpaired) electrons. The van der Waals surface area contributed by atoms with Crippen LogP contribution in [0.3, 0.4) is 0 Å². The van der Waals surface area contributed by atoms with Crippen LogP contribution in [0.5, 0.6) is 0 Å². The summed E-state index contributed by atoms with van der Waals surface area (Å²) in [6.07, 6.45) is 7.14. The zero-order valence-corrected chi connectivity index (χ0v) is 12.0. The molecule has 0 aromatic heterocycles. The maximum atomic E-state index is 12.5. The van der Waals surface area contributed by atoms with E-state index in [1.807, 2.05) is 11.1 Å². The quantitative estimate of drug-likeness (QED) is 0.700. The fraction of sp³-hybridized carbons (Fsp3) is 0.812. The lowest BCUT2D eigenvalue weighted by molar-refractivity contribution is -0.236. The number of allylic oxidation sites excluding steroid dienone is 1. The Hall–Kier alpha value is -0.870. The number of nitrogens with zero attached hydrogens (tertiary/aromatic N) is 1. The summed E-state index contributed by atoms with van der Waals surface area (Å²) in [5.41, 5.74) is -1.30. The Kier molecular flexibility index (Phi) is 2.48. The average molecular weight is 277 g/mol. The minimum atomic E-state index is -0.946. The van der Waals surface area contributed by atoms with Crippen LogP contribution in [0.4, 0.5) is 0 Å². The normalized spacial score (nSPS) is 53.8. The van der Waals surface area contributed by atoms with Crippen LogP contribution >= 0.6 is 0 Å². The van der Waals surface area contributed by atoms with Gasteiger partial charge in [0.25, 0.3) is 0 Å². The molecule has 0 aromatic rings. The molecule has 2 aliphatic carbocycles. The van der Waals surface area contributed by atoms with Gasteiger partial charge in [0.1, 0.15) is 11.5 Å². The van der Waals surface area contributed by atoms with Gasteiger partial charge in [0.05, 0.1) is 6.10 Å². The monoisotopic (exact) mass is 277 g/mol. The number of aliphatic hydroxyl groups is 2. The van der Waals surface area contributed by atoms with Crippen molar-refractivity contribution in [3.05, 3.63) is 12.3 Å². The van der Waals surface area contributed by atoms with Crippen molar-refractivity contribution < 1.29 is 15.0 Å². The highest BCUT2D eigenvalue weighted by molar-refractivity contribution is 5.85. The summed E-state index contributed by atoms with van der Waals surface area (Å²) < 4.78 is 0. The fourth-order valence-electron chi connectivity index (χ4n) is 5.77. The van der Waals surface area contributed by atoms with Gasteiger partial charge >= 0.3 is 0 Å². The minimum Gasteiger partial charge on any atom is -0.391 e. The molecule has 4 heteroatoms. The van der Waals surface area contributed by atoms with E-state index in [0.717, 1.165) is 12.8 Å². The molecule has 20 heavy (non-hydrogen) atoms. The second-order valence-electron chi connectivity index (χ2n) is 7.45. The lowest BCUT2D eigenvalue weighted by atomic mass is 9.54. The number of Topliss-reactive ketones (excluding diaryl/α,β-unsaturated/α-hetero) is 1. The van der Waals surface area contributed by atoms with Gasteiger partial charge in [0.2, 0.25) is 0 Å². The number of carbonyl (C=O) groups is 1. The lowest BCUT2D eigenvalue weighted by Gasteiger charge is -2.60. The van der Waals surface area contributed by atoms with Crippen molar-refractivity contribution in [1.29, 1.82) is 0 Å². The molecule has 0 amide bonds. The highest BCUT2D eigenvalue weighted by Gasteiger charge is 2.70. The van der Waals surface area contributed by atoms with E-state index in [1.54, 1.807) is 0 Å². The molecular formula is C16H23NO3. The third-order valence-corrected chi connectivity index (χ3v) is 6.38. The molecule has 0 aromatic carbocycles. The Balaban J connectivity index is 1.93. The van der Waals surface area contributed by atoms with Gasteiger partial charge in [0, 0.05) is 24.3 Å². The Morgan fingerprint density at radius 1 is 1.40 bits per heavy atom. The van der Waals surface area contributed by atoms with Crippen LogP contribution < -0.4 is 0 Å². The first-order valence-corrected chi connectivity index (χ1v) is 7.84. The van der Waals surface area contributed by atoms with E-state index >= 15 is 0 Å². The van der Waals surface area contributed by atoms with Crippen molar-refractivity contribution in [3.63, 3.8) is 0 Å². The van der Waals surface area contributed by atoms with Gasteiger partial charge in [-0.05, 0) is 43.7 Å². The van der Waals surface area contributed by atoms with Crippen LogP contribution in [0.2, 0.25) is 0 Å². The predicted molar refractivity (Wildman–Crippen MR) is 73.5 cm³/mol. The van der Waals surface area contributed by atoms with E-state index in [9.17, 15) is 15.0 Å². The van der Waals surface area contributed by atoms with Gasteiger partial charge in [0.15, 0.2) is 0 Å². The first-order chi connectivity index (χ1) is 9.47. The average Bonchev–Trinajstić information content (AvgIpc) is 2.60. The van der Waals surface area contributed by atoms with Crippen LogP contribution in [-0.2, 0) is 4.79 Å². The molecular weight excluding hydrogens is 254 g/mol. The van der Waals surface area contributed by atoms with Gasteiger partial charge in [-0.15, -0.1) is 0 Å². The first kappa shape index (κ1) is 12.8. The number of hydrogen-bond donors (Lipinski definition) is 2. The SMILES string of the molecule is C[C@@H]1C[C@H]2CC(=O)[C@H]3C[C@H](O)CN4C=CC[C@]23[C@@]4(O)C1. The molecule has 3 fully saturated rings. The summed E-state index contributed by atoms with van der Waals surface area (Å²) in [5.74, 6) is 0.786. The van der Waals surface area contributed by atoms with Crippen LogP contribution in [-0.4, -0.2) is 39.3 Å². The smallest absolute Gasteiger partial charge is 0.144 e. The maximum Gasteiger partial charge on any atom is 0.144 e. The van der Waals surface area contributed by atoms with Gasteiger partial charge < -0.3 is 15.1 Å². The summed E-state index contributed by atoms with van der Waals surface area (Å²) in [6.45, 7) is 2.61. The van der Waals surface area contributed by atoms with E-state index in [4.69, 9.17) is 0 Å².